The number of benzene rings is 2. The Labute approximate surface area is 153 Å². The monoisotopic (exact) mass is 354 g/mol. The molecule has 2 aromatic rings. The van der Waals surface area contributed by atoms with E-state index in [0.717, 1.165) is 31.5 Å². The minimum atomic E-state index is -0.232. The van der Waals surface area contributed by atoms with Crippen molar-refractivity contribution in [1.82, 2.24) is 10.2 Å². The van der Waals surface area contributed by atoms with E-state index in [9.17, 15) is 9.18 Å². The summed E-state index contributed by atoms with van der Waals surface area (Å²) in [5.41, 5.74) is 1.08. The number of piperidine rings is 1. The fourth-order valence-corrected chi connectivity index (χ4v) is 4.20. The van der Waals surface area contributed by atoms with E-state index in [-0.39, 0.29) is 30.3 Å². The van der Waals surface area contributed by atoms with Crippen molar-refractivity contribution in [2.24, 2.45) is 0 Å². The van der Waals surface area contributed by atoms with E-state index in [1.54, 1.807) is 0 Å². The molecular weight excluding hydrogens is 331 g/mol. The third-order valence-corrected chi connectivity index (χ3v) is 5.42. The van der Waals surface area contributed by atoms with E-state index in [1.165, 1.54) is 12.1 Å². The largest absolute Gasteiger partial charge is 0.484 e. The standard InChI is InChI=1S/C21H23FN2O2/c22-16-10-8-15(9-11-16)18-13-23-19-7-4-12-24(21(18)19)20(25)14-26-17-5-2-1-3-6-17/h1-3,5-6,8-11,18-19,21,23H,4,7,12-14H2/t18-,19-,21-/m1/s1. The van der Waals surface area contributed by atoms with Gasteiger partial charge in [-0.2, -0.15) is 0 Å². The van der Waals surface area contributed by atoms with Crippen LogP contribution in [0.15, 0.2) is 54.6 Å². The van der Waals surface area contributed by atoms with Gasteiger partial charge in [-0.25, -0.2) is 4.39 Å². The Bertz CT molecular complexity index is 750. The summed E-state index contributed by atoms with van der Waals surface area (Å²) in [4.78, 5) is 14.8. The quantitative estimate of drug-likeness (QED) is 0.918. The highest BCUT2D eigenvalue weighted by atomic mass is 19.1. The lowest BCUT2D eigenvalue weighted by molar-refractivity contribution is -0.137. The van der Waals surface area contributed by atoms with Gasteiger partial charge in [0.1, 0.15) is 11.6 Å². The van der Waals surface area contributed by atoms with E-state index in [2.05, 4.69) is 5.32 Å². The van der Waals surface area contributed by atoms with E-state index in [1.807, 2.05) is 47.4 Å². The zero-order valence-electron chi connectivity index (χ0n) is 14.6. The average Bonchev–Trinajstić information content (AvgIpc) is 3.12. The van der Waals surface area contributed by atoms with Crippen molar-refractivity contribution >= 4 is 5.91 Å². The minimum Gasteiger partial charge on any atom is -0.484 e. The number of rotatable bonds is 4. The predicted molar refractivity (Wildman–Crippen MR) is 97.6 cm³/mol. The summed E-state index contributed by atoms with van der Waals surface area (Å²) in [7, 11) is 0. The van der Waals surface area contributed by atoms with Crippen molar-refractivity contribution in [2.75, 3.05) is 19.7 Å². The van der Waals surface area contributed by atoms with Crippen LogP contribution in [0, 0.1) is 5.82 Å². The first-order chi connectivity index (χ1) is 12.7. The highest BCUT2D eigenvalue weighted by molar-refractivity contribution is 5.78. The molecule has 5 heteroatoms. The smallest absolute Gasteiger partial charge is 0.260 e. The predicted octanol–water partition coefficient (Wildman–Crippen LogP) is 2.95. The van der Waals surface area contributed by atoms with Gasteiger partial charge in [0.05, 0.1) is 6.04 Å². The molecular formula is C21H23FN2O2. The summed E-state index contributed by atoms with van der Waals surface area (Å²) in [6, 6.07) is 16.5. The lowest BCUT2D eigenvalue weighted by Crippen LogP contribution is -2.53. The van der Waals surface area contributed by atoms with Gasteiger partial charge in [-0.15, -0.1) is 0 Å². The molecule has 26 heavy (non-hydrogen) atoms. The molecule has 0 aliphatic carbocycles. The Kier molecular flexibility index (Phi) is 4.89. The van der Waals surface area contributed by atoms with Crippen LogP contribution in [-0.4, -0.2) is 42.6 Å². The number of para-hydroxylation sites is 1. The second-order valence-corrected chi connectivity index (χ2v) is 6.99. The topological polar surface area (TPSA) is 41.6 Å². The molecule has 0 radical (unpaired) electrons. The third-order valence-electron chi connectivity index (χ3n) is 5.42. The van der Waals surface area contributed by atoms with Crippen LogP contribution in [0.5, 0.6) is 5.75 Å². The number of carbonyl (C=O) groups is 1. The molecule has 3 atom stereocenters. The van der Waals surface area contributed by atoms with Crippen LogP contribution >= 0.6 is 0 Å². The highest BCUT2D eigenvalue weighted by Crippen LogP contribution is 2.35. The lowest BCUT2D eigenvalue weighted by Gasteiger charge is -2.40. The minimum absolute atomic E-state index is 0.0133. The number of hydrogen-bond acceptors (Lipinski definition) is 3. The van der Waals surface area contributed by atoms with Gasteiger partial charge < -0.3 is 15.0 Å². The van der Waals surface area contributed by atoms with Crippen LogP contribution in [0.1, 0.15) is 24.3 Å². The van der Waals surface area contributed by atoms with Gasteiger partial charge in [0, 0.05) is 25.0 Å². The van der Waals surface area contributed by atoms with Gasteiger partial charge in [-0.1, -0.05) is 30.3 Å². The SMILES string of the molecule is O=C(COc1ccccc1)N1CCC[C@H]2NC[C@H](c3ccc(F)cc3)[C@H]21. The molecule has 0 unspecified atom stereocenters. The number of ether oxygens (including phenoxy) is 1. The molecule has 4 nitrogen and oxygen atoms in total. The van der Waals surface area contributed by atoms with Crippen molar-refractivity contribution in [3.8, 4) is 5.75 Å². The first kappa shape index (κ1) is 17.0. The molecule has 0 aromatic heterocycles. The number of likely N-dealkylation sites (tertiary alicyclic amines) is 1. The third kappa shape index (κ3) is 3.44. The van der Waals surface area contributed by atoms with Gasteiger partial charge in [0.2, 0.25) is 0 Å². The van der Waals surface area contributed by atoms with Crippen LogP contribution < -0.4 is 10.1 Å². The number of nitrogens with one attached hydrogen (secondary N) is 1. The van der Waals surface area contributed by atoms with Crippen LogP contribution in [0.2, 0.25) is 0 Å². The lowest BCUT2D eigenvalue weighted by atomic mass is 9.86. The van der Waals surface area contributed by atoms with Crippen molar-refractivity contribution in [1.29, 1.82) is 0 Å². The van der Waals surface area contributed by atoms with E-state index in [0.29, 0.717) is 11.8 Å². The van der Waals surface area contributed by atoms with Crippen molar-refractivity contribution in [2.45, 2.75) is 30.8 Å². The fraction of sp³-hybridized carbons (Fsp3) is 0.381. The molecule has 2 heterocycles. The van der Waals surface area contributed by atoms with Gasteiger partial charge >= 0.3 is 0 Å². The molecule has 1 amide bonds. The number of fused-ring (bicyclic) bond motifs is 1. The zero-order valence-corrected chi connectivity index (χ0v) is 14.6. The summed E-state index contributed by atoms with van der Waals surface area (Å²) in [5.74, 6) is 0.666. The average molecular weight is 354 g/mol. The number of hydrogen-bond donors (Lipinski definition) is 1. The summed E-state index contributed by atoms with van der Waals surface area (Å²) in [6.07, 6.45) is 2.05. The molecule has 2 fully saturated rings. The summed E-state index contributed by atoms with van der Waals surface area (Å²) in [6.45, 7) is 1.60. The number of carbonyl (C=O) groups excluding carboxylic acids is 1. The molecule has 2 aliphatic heterocycles. The van der Waals surface area contributed by atoms with Gasteiger partial charge in [0.25, 0.3) is 5.91 Å². The van der Waals surface area contributed by atoms with Crippen LogP contribution in [0.4, 0.5) is 4.39 Å². The van der Waals surface area contributed by atoms with Crippen molar-refractivity contribution in [3.05, 3.63) is 66.0 Å². The molecule has 0 saturated carbocycles. The zero-order chi connectivity index (χ0) is 17.9. The van der Waals surface area contributed by atoms with Crippen molar-refractivity contribution < 1.29 is 13.9 Å². The van der Waals surface area contributed by atoms with Crippen LogP contribution in [-0.2, 0) is 4.79 Å². The van der Waals surface area contributed by atoms with Gasteiger partial charge in [0.15, 0.2) is 6.61 Å². The molecule has 4 rings (SSSR count). The molecule has 1 N–H and O–H groups in total. The van der Waals surface area contributed by atoms with E-state index >= 15 is 0 Å². The number of halogens is 1. The Morgan fingerprint density at radius 3 is 2.69 bits per heavy atom. The second kappa shape index (κ2) is 7.46. The Morgan fingerprint density at radius 2 is 1.92 bits per heavy atom. The Hall–Kier alpha value is -2.40. The molecule has 2 aliphatic rings. The molecule has 0 bridgehead atoms. The Morgan fingerprint density at radius 1 is 1.15 bits per heavy atom. The van der Waals surface area contributed by atoms with Gasteiger partial charge in [-0.3, -0.25) is 4.79 Å². The van der Waals surface area contributed by atoms with Gasteiger partial charge in [-0.05, 0) is 42.7 Å². The van der Waals surface area contributed by atoms with Crippen LogP contribution in [0.25, 0.3) is 0 Å². The number of nitrogens with zero attached hydrogens (tertiary/aromatic N) is 1. The number of amides is 1. The molecule has 2 saturated heterocycles. The summed E-state index contributed by atoms with van der Waals surface area (Å²) in [5, 5.41) is 3.55. The van der Waals surface area contributed by atoms with Crippen LogP contribution in [0.3, 0.4) is 0 Å². The fourth-order valence-electron chi connectivity index (χ4n) is 4.20. The molecule has 0 spiro atoms. The molecule has 136 valence electrons. The maximum absolute atomic E-state index is 13.3. The van der Waals surface area contributed by atoms with E-state index in [4.69, 9.17) is 4.74 Å². The summed E-state index contributed by atoms with van der Waals surface area (Å²) < 4.78 is 18.9. The Balaban J connectivity index is 1.49. The second-order valence-electron chi connectivity index (χ2n) is 6.99. The first-order valence-corrected chi connectivity index (χ1v) is 9.18. The highest BCUT2D eigenvalue weighted by Gasteiger charge is 2.44. The first-order valence-electron chi connectivity index (χ1n) is 9.18. The summed E-state index contributed by atoms with van der Waals surface area (Å²) >= 11 is 0. The van der Waals surface area contributed by atoms with E-state index < -0.39 is 0 Å². The maximum atomic E-state index is 13.3. The maximum Gasteiger partial charge on any atom is 0.260 e. The molecule has 2 aromatic carbocycles. The van der Waals surface area contributed by atoms with Crippen molar-refractivity contribution in [3.63, 3.8) is 0 Å². The normalized spacial score (nSPS) is 25.0.